The number of aromatic nitrogens is 3. The van der Waals surface area contributed by atoms with Gasteiger partial charge in [0.1, 0.15) is 0 Å². The van der Waals surface area contributed by atoms with Gasteiger partial charge in [0, 0.05) is 55.9 Å². The number of pyridine rings is 1. The lowest BCUT2D eigenvalue weighted by Gasteiger charge is -2.27. The van der Waals surface area contributed by atoms with Gasteiger partial charge in [0.25, 0.3) is 0 Å². The molecule has 1 aliphatic heterocycles. The van der Waals surface area contributed by atoms with E-state index in [-0.39, 0.29) is 0 Å². The van der Waals surface area contributed by atoms with Crippen LogP contribution in [0.15, 0.2) is 72.9 Å². The summed E-state index contributed by atoms with van der Waals surface area (Å²) in [6, 6.07) is 22.8. The van der Waals surface area contributed by atoms with Crippen LogP contribution in [0, 0.1) is 5.41 Å². The highest BCUT2D eigenvalue weighted by molar-refractivity contribution is 6.30. The van der Waals surface area contributed by atoms with Crippen LogP contribution in [0.25, 0.3) is 38.8 Å². The van der Waals surface area contributed by atoms with E-state index in [4.69, 9.17) is 22.0 Å². The van der Waals surface area contributed by atoms with Gasteiger partial charge < -0.3 is 9.88 Å². The van der Waals surface area contributed by atoms with Crippen LogP contribution in [-0.2, 0) is 13.6 Å². The summed E-state index contributed by atoms with van der Waals surface area (Å²) in [7, 11) is 1.93. The summed E-state index contributed by atoms with van der Waals surface area (Å²) >= 11 is 6.11. The maximum absolute atomic E-state index is 8.97. The first-order chi connectivity index (χ1) is 17.1. The number of benzene rings is 3. The topological polar surface area (TPSA) is 61.9 Å². The molecule has 3 aromatic carbocycles. The van der Waals surface area contributed by atoms with Crippen molar-refractivity contribution in [3.05, 3.63) is 89.1 Å². The molecule has 0 amide bonds. The minimum atomic E-state index is 0.422. The van der Waals surface area contributed by atoms with Crippen molar-refractivity contribution in [2.45, 2.75) is 6.54 Å². The third kappa shape index (κ3) is 4.04. The van der Waals surface area contributed by atoms with E-state index in [1.165, 1.54) is 5.56 Å². The first-order valence-electron chi connectivity index (χ1n) is 11.9. The summed E-state index contributed by atoms with van der Waals surface area (Å²) in [5.41, 5.74) is 7.71. The molecule has 6 rings (SSSR count). The lowest BCUT2D eigenvalue weighted by Crippen LogP contribution is -2.42. The summed E-state index contributed by atoms with van der Waals surface area (Å²) in [4.78, 5) is 7.19. The molecule has 0 unspecified atom stereocenters. The molecule has 0 spiro atoms. The molecule has 0 atom stereocenters. The molecule has 0 saturated carbocycles. The number of nitrogens with zero attached hydrogens (tertiary/aromatic N) is 4. The zero-order chi connectivity index (χ0) is 23.9. The Hall–Kier alpha value is -3.45. The number of piperazine rings is 1. The van der Waals surface area contributed by atoms with Crippen LogP contribution < -0.4 is 10.9 Å². The fourth-order valence-electron chi connectivity index (χ4n) is 5.01. The summed E-state index contributed by atoms with van der Waals surface area (Å²) in [5.74, 6) is 0. The van der Waals surface area contributed by atoms with Crippen molar-refractivity contribution in [1.29, 1.82) is 5.41 Å². The predicted octanol–water partition coefficient (Wildman–Crippen LogP) is 4.72. The Balaban J connectivity index is 1.52. The van der Waals surface area contributed by atoms with Crippen molar-refractivity contribution in [2.24, 2.45) is 7.05 Å². The Morgan fingerprint density at radius 3 is 2.54 bits per heavy atom. The highest BCUT2D eigenvalue weighted by Crippen LogP contribution is 2.30. The van der Waals surface area contributed by atoms with Crippen LogP contribution in [0.1, 0.15) is 5.56 Å². The van der Waals surface area contributed by atoms with E-state index in [0.717, 1.165) is 76.5 Å². The largest absolute Gasteiger partial charge is 0.314 e. The Bertz CT molecular complexity index is 1590. The quantitative estimate of drug-likeness (QED) is 0.389. The summed E-state index contributed by atoms with van der Waals surface area (Å²) < 4.78 is 3.95. The van der Waals surface area contributed by atoms with Crippen molar-refractivity contribution < 1.29 is 0 Å². The zero-order valence-electron chi connectivity index (χ0n) is 19.6. The maximum Gasteiger partial charge on any atom is 0.207 e. The molecule has 176 valence electrons. The Kier molecular flexibility index (Phi) is 5.65. The normalized spacial score (nSPS) is 14.7. The van der Waals surface area contributed by atoms with E-state index in [1.807, 2.05) is 46.6 Å². The van der Waals surface area contributed by atoms with Crippen LogP contribution in [0.5, 0.6) is 0 Å². The van der Waals surface area contributed by atoms with Crippen LogP contribution in [0.2, 0.25) is 5.02 Å². The van der Waals surface area contributed by atoms with Crippen LogP contribution in [-0.4, -0.2) is 45.2 Å². The summed E-state index contributed by atoms with van der Waals surface area (Å²) in [5, 5.41) is 14.1. The molecule has 1 fully saturated rings. The minimum Gasteiger partial charge on any atom is -0.314 e. The fourth-order valence-corrected chi connectivity index (χ4v) is 5.14. The van der Waals surface area contributed by atoms with Gasteiger partial charge in [0.05, 0.1) is 22.7 Å². The minimum absolute atomic E-state index is 0.422. The van der Waals surface area contributed by atoms with Gasteiger partial charge in [-0.05, 0) is 53.1 Å². The monoisotopic (exact) mass is 482 g/mol. The number of aryl methyl sites for hydroxylation is 1. The smallest absolute Gasteiger partial charge is 0.207 e. The van der Waals surface area contributed by atoms with Crippen molar-refractivity contribution in [3.63, 3.8) is 0 Å². The van der Waals surface area contributed by atoms with E-state index >= 15 is 0 Å². The maximum atomic E-state index is 8.97. The van der Waals surface area contributed by atoms with Gasteiger partial charge in [-0.1, -0.05) is 41.9 Å². The van der Waals surface area contributed by atoms with Gasteiger partial charge in [-0.15, -0.1) is 0 Å². The zero-order valence-corrected chi connectivity index (χ0v) is 20.4. The Morgan fingerprint density at radius 1 is 0.971 bits per heavy atom. The highest BCUT2D eigenvalue weighted by Gasteiger charge is 2.16. The average Bonchev–Trinajstić information content (AvgIpc) is 3.15. The number of imidazole rings is 1. The second kappa shape index (κ2) is 8.96. The second-order valence-electron chi connectivity index (χ2n) is 9.14. The first-order valence-corrected chi connectivity index (χ1v) is 12.3. The van der Waals surface area contributed by atoms with Crippen molar-refractivity contribution in [3.8, 4) is 16.8 Å². The lowest BCUT2D eigenvalue weighted by atomic mass is 10.0. The third-order valence-corrected chi connectivity index (χ3v) is 7.15. The number of nitrogens with one attached hydrogen (secondary N) is 2. The molecule has 5 aromatic rings. The Morgan fingerprint density at radius 2 is 1.74 bits per heavy atom. The molecule has 1 aliphatic rings. The van der Waals surface area contributed by atoms with Gasteiger partial charge in [0.15, 0.2) is 0 Å². The molecule has 1 saturated heterocycles. The van der Waals surface area contributed by atoms with Crippen molar-refractivity contribution >= 4 is 33.5 Å². The van der Waals surface area contributed by atoms with Crippen molar-refractivity contribution in [2.75, 3.05) is 26.2 Å². The molecule has 7 heteroatoms. The second-order valence-corrected chi connectivity index (χ2v) is 9.58. The number of hydrogen-bond acceptors (Lipinski definition) is 4. The summed E-state index contributed by atoms with van der Waals surface area (Å²) in [6.07, 6.45) is 1.87. The number of halogens is 1. The van der Waals surface area contributed by atoms with E-state index in [9.17, 15) is 0 Å². The molecule has 0 bridgehead atoms. The molecule has 2 aromatic heterocycles. The molecular weight excluding hydrogens is 456 g/mol. The van der Waals surface area contributed by atoms with Crippen LogP contribution >= 0.6 is 11.6 Å². The molecule has 0 aliphatic carbocycles. The average molecular weight is 483 g/mol. The lowest BCUT2D eigenvalue weighted by molar-refractivity contribution is 0.233. The van der Waals surface area contributed by atoms with Gasteiger partial charge in [-0.3, -0.25) is 19.9 Å². The van der Waals surface area contributed by atoms with E-state index < -0.39 is 0 Å². The third-order valence-electron chi connectivity index (χ3n) is 6.90. The van der Waals surface area contributed by atoms with Gasteiger partial charge >= 0.3 is 0 Å². The van der Waals surface area contributed by atoms with Gasteiger partial charge in [-0.25, -0.2) is 0 Å². The Labute approximate surface area is 208 Å². The molecule has 0 radical (unpaired) electrons. The molecule has 2 N–H and O–H groups in total. The van der Waals surface area contributed by atoms with E-state index in [2.05, 4.69) is 52.7 Å². The van der Waals surface area contributed by atoms with Gasteiger partial charge in [0.2, 0.25) is 5.62 Å². The van der Waals surface area contributed by atoms with Crippen molar-refractivity contribution in [1.82, 2.24) is 24.3 Å². The van der Waals surface area contributed by atoms with E-state index in [0.29, 0.717) is 5.62 Å². The standard InChI is InChI=1S/C28H27ClN6/c1-33-26-17-32-25-10-7-21(20-5-8-22(29)9-6-20)16-24(25)27(26)35(28(33)30)23-4-2-3-19(15-23)18-34-13-11-31-12-14-34/h2-10,15-17,30-31H,11-14,18H2,1H3. The predicted molar refractivity (Wildman–Crippen MR) is 142 cm³/mol. The van der Waals surface area contributed by atoms with Crippen LogP contribution in [0.4, 0.5) is 0 Å². The van der Waals surface area contributed by atoms with Gasteiger partial charge in [-0.2, -0.15) is 0 Å². The number of rotatable bonds is 4. The fraction of sp³-hybridized carbons (Fsp3) is 0.214. The first kappa shape index (κ1) is 22.0. The highest BCUT2D eigenvalue weighted by atomic mass is 35.5. The number of hydrogen-bond donors (Lipinski definition) is 2. The molecule has 3 heterocycles. The van der Waals surface area contributed by atoms with Crippen LogP contribution in [0.3, 0.4) is 0 Å². The SMILES string of the molecule is Cn1c(=N)n(-c2cccc(CN3CCNCC3)c2)c2c3cc(-c4ccc(Cl)cc4)ccc3ncc21. The number of fused-ring (bicyclic) bond motifs is 3. The van der Waals surface area contributed by atoms with E-state index in [1.54, 1.807) is 0 Å². The molecule has 6 nitrogen and oxygen atoms in total. The molecular formula is C28H27ClN6. The summed E-state index contributed by atoms with van der Waals surface area (Å²) in [6.45, 7) is 5.09. The molecule has 35 heavy (non-hydrogen) atoms.